The fraction of sp³-hybridized carbons (Fsp3) is 0.348. The number of fused-ring (bicyclic) bond motifs is 2. The van der Waals surface area contributed by atoms with E-state index in [9.17, 15) is 14.4 Å². The fourth-order valence-corrected chi connectivity index (χ4v) is 4.33. The van der Waals surface area contributed by atoms with Crippen LogP contribution in [0, 0.1) is 0 Å². The molecule has 1 atom stereocenters. The summed E-state index contributed by atoms with van der Waals surface area (Å²) in [6.07, 6.45) is 2.07. The van der Waals surface area contributed by atoms with E-state index in [0.29, 0.717) is 19.5 Å². The molecule has 1 spiro atoms. The van der Waals surface area contributed by atoms with Crippen LogP contribution < -0.4 is 5.32 Å². The minimum Gasteiger partial charge on any atom is -0.337 e. The summed E-state index contributed by atoms with van der Waals surface area (Å²) in [5, 5.41) is 2.88. The van der Waals surface area contributed by atoms with Crippen molar-refractivity contribution in [1.29, 1.82) is 0 Å². The number of urea groups is 1. The average Bonchev–Trinajstić information content (AvgIpc) is 3.22. The Morgan fingerprint density at radius 2 is 1.83 bits per heavy atom. The van der Waals surface area contributed by atoms with Crippen molar-refractivity contribution >= 4 is 17.8 Å². The summed E-state index contributed by atoms with van der Waals surface area (Å²) in [6, 6.07) is 16.9. The highest BCUT2D eigenvalue weighted by molar-refractivity contribution is 6.09. The van der Waals surface area contributed by atoms with Crippen LogP contribution >= 0.6 is 0 Å². The molecule has 2 aromatic carbocycles. The van der Waals surface area contributed by atoms with E-state index >= 15 is 0 Å². The highest BCUT2D eigenvalue weighted by Crippen LogP contribution is 2.41. The Hall–Kier alpha value is -3.15. The molecule has 150 valence electrons. The van der Waals surface area contributed by atoms with Gasteiger partial charge in [0.2, 0.25) is 5.91 Å². The van der Waals surface area contributed by atoms with Crippen LogP contribution in [0.4, 0.5) is 4.79 Å². The summed E-state index contributed by atoms with van der Waals surface area (Å²) in [5.74, 6) is -0.542. The average molecular weight is 391 g/mol. The molecule has 6 heteroatoms. The highest BCUT2D eigenvalue weighted by Gasteiger charge is 2.55. The molecular weight excluding hydrogens is 366 g/mol. The number of nitrogens with one attached hydrogen (secondary N) is 1. The van der Waals surface area contributed by atoms with Crippen molar-refractivity contribution in [3.8, 4) is 0 Å². The Kier molecular flexibility index (Phi) is 5.09. The van der Waals surface area contributed by atoms with Crippen molar-refractivity contribution in [3.63, 3.8) is 0 Å². The molecule has 1 heterocycles. The normalized spacial score (nSPS) is 20.1. The molecule has 4 amide bonds. The highest BCUT2D eigenvalue weighted by atomic mass is 16.2. The Balaban J connectivity index is 1.52. The first-order valence-corrected chi connectivity index (χ1v) is 10.1. The van der Waals surface area contributed by atoms with Gasteiger partial charge in [0.1, 0.15) is 12.1 Å². The monoisotopic (exact) mass is 391 g/mol. The van der Waals surface area contributed by atoms with Gasteiger partial charge < -0.3 is 10.2 Å². The van der Waals surface area contributed by atoms with Crippen molar-refractivity contribution in [2.24, 2.45) is 0 Å². The molecule has 1 N–H and O–H groups in total. The van der Waals surface area contributed by atoms with E-state index in [0.717, 1.165) is 34.4 Å². The maximum atomic E-state index is 13.2. The molecular formula is C23H25N3O3. The quantitative estimate of drug-likeness (QED) is 0.770. The van der Waals surface area contributed by atoms with E-state index in [1.54, 1.807) is 4.90 Å². The molecule has 0 aromatic heterocycles. The lowest BCUT2D eigenvalue weighted by Crippen LogP contribution is -2.45. The van der Waals surface area contributed by atoms with Gasteiger partial charge in [-0.2, -0.15) is 0 Å². The second-order valence-electron chi connectivity index (χ2n) is 7.68. The number of imide groups is 1. The van der Waals surface area contributed by atoms with Crippen molar-refractivity contribution in [3.05, 3.63) is 71.3 Å². The van der Waals surface area contributed by atoms with Gasteiger partial charge in [0.25, 0.3) is 5.91 Å². The predicted molar refractivity (Wildman–Crippen MR) is 109 cm³/mol. The summed E-state index contributed by atoms with van der Waals surface area (Å²) in [6.45, 7) is 2.81. The second kappa shape index (κ2) is 7.70. The topological polar surface area (TPSA) is 69.7 Å². The standard InChI is InChI=1S/C23H25N3O3/c1-2-14-25(15-17-8-4-3-5-9-17)20(27)16-26-21(28)23(24-22(26)29)13-12-18-10-6-7-11-19(18)23/h3-11H,2,12-16H2,1H3,(H,24,29). The van der Waals surface area contributed by atoms with Crippen LogP contribution in [-0.2, 0) is 28.1 Å². The summed E-state index contributed by atoms with van der Waals surface area (Å²) < 4.78 is 0. The molecule has 0 saturated carbocycles. The number of amides is 4. The van der Waals surface area contributed by atoms with Crippen LogP contribution in [0.5, 0.6) is 0 Å². The summed E-state index contributed by atoms with van der Waals surface area (Å²) in [7, 11) is 0. The molecule has 29 heavy (non-hydrogen) atoms. The lowest BCUT2D eigenvalue weighted by atomic mass is 9.92. The molecule has 1 unspecified atom stereocenters. The number of benzene rings is 2. The van der Waals surface area contributed by atoms with E-state index in [1.165, 1.54) is 0 Å². The predicted octanol–water partition coefficient (Wildman–Crippen LogP) is 2.82. The van der Waals surface area contributed by atoms with Crippen molar-refractivity contribution < 1.29 is 14.4 Å². The SMILES string of the molecule is CCCN(Cc1ccccc1)C(=O)CN1C(=O)NC2(CCc3ccccc32)C1=O. The maximum absolute atomic E-state index is 13.2. The summed E-state index contributed by atoms with van der Waals surface area (Å²) in [4.78, 5) is 41.7. The van der Waals surface area contributed by atoms with Gasteiger partial charge in [0.15, 0.2) is 0 Å². The third-order valence-corrected chi connectivity index (χ3v) is 5.78. The number of hydrogen-bond donors (Lipinski definition) is 1. The maximum Gasteiger partial charge on any atom is 0.325 e. The van der Waals surface area contributed by atoms with Crippen LogP contribution in [0.1, 0.15) is 36.5 Å². The molecule has 1 fully saturated rings. The smallest absolute Gasteiger partial charge is 0.325 e. The first-order valence-electron chi connectivity index (χ1n) is 10.1. The molecule has 2 aliphatic rings. The first kappa shape index (κ1) is 19.2. The largest absolute Gasteiger partial charge is 0.337 e. The zero-order valence-electron chi connectivity index (χ0n) is 16.6. The van der Waals surface area contributed by atoms with Crippen LogP contribution in [0.3, 0.4) is 0 Å². The van der Waals surface area contributed by atoms with Gasteiger partial charge in [-0.25, -0.2) is 4.79 Å². The summed E-state index contributed by atoms with van der Waals surface area (Å²) in [5.41, 5.74) is 1.92. The third-order valence-electron chi connectivity index (χ3n) is 5.78. The molecule has 6 nitrogen and oxygen atoms in total. The zero-order valence-corrected chi connectivity index (χ0v) is 16.6. The number of rotatable bonds is 6. The summed E-state index contributed by atoms with van der Waals surface area (Å²) >= 11 is 0. The van der Waals surface area contributed by atoms with E-state index < -0.39 is 11.6 Å². The number of hydrogen-bond acceptors (Lipinski definition) is 3. The van der Waals surface area contributed by atoms with Crippen LogP contribution in [0.15, 0.2) is 54.6 Å². The second-order valence-corrected chi connectivity index (χ2v) is 7.68. The van der Waals surface area contributed by atoms with Gasteiger partial charge in [0.05, 0.1) is 0 Å². The molecule has 2 aromatic rings. The molecule has 1 aliphatic carbocycles. The lowest BCUT2D eigenvalue weighted by Gasteiger charge is -2.25. The number of aryl methyl sites for hydroxylation is 1. The molecule has 0 bridgehead atoms. The van der Waals surface area contributed by atoms with E-state index in [1.807, 2.05) is 61.5 Å². The fourth-order valence-electron chi connectivity index (χ4n) is 4.33. The van der Waals surface area contributed by atoms with E-state index in [-0.39, 0.29) is 18.4 Å². The van der Waals surface area contributed by atoms with Gasteiger partial charge in [-0.3, -0.25) is 14.5 Å². The Labute approximate surface area is 170 Å². The Bertz CT molecular complexity index is 943. The van der Waals surface area contributed by atoms with Gasteiger partial charge in [0, 0.05) is 13.1 Å². The molecule has 0 radical (unpaired) electrons. The minimum absolute atomic E-state index is 0.220. The van der Waals surface area contributed by atoms with Gasteiger partial charge in [-0.05, 0) is 36.0 Å². The third kappa shape index (κ3) is 3.39. The number of nitrogens with zero attached hydrogens (tertiary/aromatic N) is 2. The zero-order chi connectivity index (χ0) is 20.4. The molecule has 1 saturated heterocycles. The molecule has 1 aliphatic heterocycles. The van der Waals surface area contributed by atoms with Crippen LogP contribution in [-0.4, -0.2) is 40.7 Å². The number of carbonyl (C=O) groups excluding carboxylic acids is 3. The minimum atomic E-state index is -1.02. The van der Waals surface area contributed by atoms with Gasteiger partial charge in [-0.1, -0.05) is 61.5 Å². The Morgan fingerprint density at radius 3 is 2.59 bits per heavy atom. The van der Waals surface area contributed by atoms with Crippen molar-refractivity contribution in [1.82, 2.24) is 15.1 Å². The Morgan fingerprint density at radius 1 is 1.10 bits per heavy atom. The number of carbonyl (C=O) groups is 3. The van der Waals surface area contributed by atoms with Gasteiger partial charge in [-0.15, -0.1) is 0 Å². The van der Waals surface area contributed by atoms with E-state index in [2.05, 4.69) is 5.32 Å². The van der Waals surface area contributed by atoms with Crippen LogP contribution in [0.2, 0.25) is 0 Å². The lowest BCUT2D eigenvalue weighted by molar-refractivity contribution is -0.139. The van der Waals surface area contributed by atoms with Crippen molar-refractivity contribution in [2.75, 3.05) is 13.1 Å². The van der Waals surface area contributed by atoms with E-state index in [4.69, 9.17) is 0 Å². The van der Waals surface area contributed by atoms with Gasteiger partial charge >= 0.3 is 6.03 Å². The first-order chi connectivity index (χ1) is 14.0. The van der Waals surface area contributed by atoms with Crippen molar-refractivity contribution in [2.45, 2.75) is 38.3 Å². The van der Waals surface area contributed by atoms with Crippen LogP contribution in [0.25, 0.3) is 0 Å². The molecule has 4 rings (SSSR count).